The molecule has 3 N–H and O–H groups in total. The van der Waals surface area contributed by atoms with Gasteiger partial charge in [0.15, 0.2) is 0 Å². The topological polar surface area (TPSA) is 58.4 Å². The van der Waals surface area contributed by atoms with Gasteiger partial charge >= 0.3 is 0 Å². The minimum atomic E-state index is -0.809. The first-order chi connectivity index (χ1) is 10.00. The van der Waals surface area contributed by atoms with E-state index in [2.05, 4.69) is 40.0 Å². The Morgan fingerprint density at radius 1 is 1.33 bits per heavy atom. The molecule has 1 aromatic rings. The van der Waals surface area contributed by atoms with Gasteiger partial charge in [0.05, 0.1) is 0 Å². The number of benzene rings is 1. The molecule has 0 aliphatic carbocycles. The second-order valence-electron chi connectivity index (χ2n) is 5.09. The van der Waals surface area contributed by atoms with E-state index in [0.717, 1.165) is 36.2 Å². The van der Waals surface area contributed by atoms with Gasteiger partial charge in [0.25, 0.3) is 0 Å². The highest BCUT2D eigenvalue weighted by Gasteiger charge is 2.36. The van der Waals surface area contributed by atoms with Crippen molar-refractivity contribution in [1.29, 1.82) is 0 Å². The zero-order valence-corrected chi connectivity index (χ0v) is 14.7. The van der Waals surface area contributed by atoms with E-state index in [-0.39, 0.29) is 5.91 Å². The van der Waals surface area contributed by atoms with Crippen LogP contribution in [0.3, 0.4) is 0 Å². The van der Waals surface area contributed by atoms with Crippen LogP contribution in [0.5, 0.6) is 0 Å². The van der Waals surface area contributed by atoms with Gasteiger partial charge in [-0.15, -0.1) is 0 Å². The SMILES string of the molecule is CCN(CC)CCNC(CC)(C(N)=O)c1cccc(Br)c1. The van der Waals surface area contributed by atoms with Crippen LogP contribution in [-0.2, 0) is 10.3 Å². The third-order valence-corrected chi connectivity index (χ3v) is 4.51. The van der Waals surface area contributed by atoms with E-state index in [4.69, 9.17) is 5.73 Å². The predicted molar refractivity (Wildman–Crippen MR) is 91.1 cm³/mol. The van der Waals surface area contributed by atoms with Gasteiger partial charge in [0, 0.05) is 17.6 Å². The Labute approximate surface area is 136 Å². The fourth-order valence-corrected chi connectivity index (χ4v) is 2.96. The molecular formula is C16H26BrN3O. The third kappa shape index (κ3) is 4.53. The van der Waals surface area contributed by atoms with Gasteiger partial charge in [-0.25, -0.2) is 0 Å². The lowest BCUT2D eigenvalue weighted by molar-refractivity contribution is -0.125. The molecule has 1 aromatic carbocycles. The van der Waals surface area contributed by atoms with Crippen LogP contribution >= 0.6 is 15.9 Å². The van der Waals surface area contributed by atoms with E-state index in [0.29, 0.717) is 6.42 Å². The number of nitrogens with zero attached hydrogens (tertiary/aromatic N) is 1. The second-order valence-corrected chi connectivity index (χ2v) is 6.00. The first-order valence-electron chi connectivity index (χ1n) is 7.53. The number of primary amides is 1. The fourth-order valence-electron chi connectivity index (χ4n) is 2.56. The number of carbonyl (C=O) groups excluding carboxylic acids is 1. The quantitative estimate of drug-likeness (QED) is 0.715. The lowest BCUT2D eigenvalue weighted by Gasteiger charge is -2.32. The predicted octanol–water partition coefficient (Wildman–Crippen LogP) is 2.47. The molecular weight excluding hydrogens is 330 g/mol. The molecule has 0 radical (unpaired) electrons. The molecule has 0 heterocycles. The maximum atomic E-state index is 12.1. The molecule has 0 fully saturated rings. The standard InChI is InChI=1S/C16H26BrN3O/c1-4-16(15(18)21,13-8-7-9-14(17)12-13)19-10-11-20(5-2)6-3/h7-9,12,19H,4-6,10-11H2,1-3H3,(H2,18,21). The summed E-state index contributed by atoms with van der Waals surface area (Å²) in [5.74, 6) is -0.331. The number of rotatable bonds is 9. The van der Waals surface area contributed by atoms with E-state index in [1.165, 1.54) is 0 Å². The number of carbonyl (C=O) groups is 1. The number of likely N-dealkylation sites (N-methyl/N-ethyl adjacent to an activating group) is 1. The molecule has 1 amide bonds. The van der Waals surface area contributed by atoms with Crippen LogP contribution in [0.25, 0.3) is 0 Å². The summed E-state index contributed by atoms with van der Waals surface area (Å²) in [7, 11) is 0. The number of amides is 1. The van der Waals surface area contributed by atoms with Crippen LogP contribution in [0, 0.1) is 0 Å². The van der Waals surface area contributed by atoms with E-state index in [9.17, 15) is 4.79 Å². The number of hydrogen-bond donors (Lipinski definition) is 2. The number of halogens is 1. The minimum absolute atomic E-state index is 0.331. The fraction of sp³-hybridized carbons (Fsp3) is 0.562. The summed E-state index contributed by atoms with van der Waals surface area (Å²) in [6.45, 7) is 9.89. The maximum Gasteiger partial charge on any atom is 0.242 e. The van der Waals surface area contributed by atoms with Crippen LogP contribution in [0.2, 0.25) is 0 Å². The Morgan fingerprint density at radius 3 is 2.48 bits per heavy atom. The molecule has 5 heteroatoms. The minimum Gasteiger partial charge on any atom is -0.368 e. The molecule has 1 unspecified atom stereocenters. The van der Waals surface area contributed by atoms with Crippen LogP contribution in [0.15, 0.2) is 28.7 Å². The van der Waals surface area contributed by atoms with Crippen LogP contribution in [0.1, 0.15) is 32.8 Å². The van der Waals surface area contributed by atoms with E-state index in [1.807, 2.05) is 31.2 Å². The Bertz CT molecular complexity index is 463. The first-order valence-corrected chi connectivity index (χ1v) is 8.32. The highest BCUT2D eigenvalue weighted by molar-refractivity contribution is 9.10. The van der Waals surface area contributed by atoms with Gasteiger partial charge in [-0.3, -0.25) is 10.1 Å². The van der Waals surface area contributed by atoms with Gasteiger partial charge in [0.2, 0.25) is 5.91 Å². The molecule has 0 aliphatic rings. The highest BCUT2D eigenvalue weighted by atomic mass is 79.9. The van der Waals surface area contributed by atoms with Crippen molar-refractivity contribution >= 4 is 21.8 Å². The number of nitrogens with two attached hydrogens (primary N) is 1. The molecule has 0 aromatic heterocycles. The molecule has 118 valence electrons. The van der Waals surface area contributed by atoms with Gasteiger partial charge in [-0.2, -0.15) is 0 Å². The second kappa shape index (κ2) is 8.51. The zero-order chi connectivity index (χ0) is 15.9. The average Bonchev–Trinajstić information content (AvgIpc) is 2.47. The Balaban J connectivity index is 2.92. The van der Waals surface area contributed by atoms with Crippen molar-refractivity contribution in [2.24, 2.45) is 5.73 Å². The zero-order valence-electron chi connectivity index (χ0n) is 13.2. The number of nitrogens with one attached hydrogen (secondary N) is 1. The van der Waals surface area contributed by atoms with Gasteiger partial charge in [-0.05, 0) is 37.2 Å². The van der Waals surface area contributed by atoms with Gasteiger partial charge in [0.1, 0.15) is 5.54 Å². The Kier molecular flexibility index (Phi) is 7.35. The Hall–Kier alpha value is -0.910. The summed E-state index contributed by atoms with van der Waals surface area (Å²) in [6.07, 6.45) is 0.622. The molecule has 0 bridgehead atoms. The number of hydrogen-bond acceptors (Lipinski definition) is 3. The van der Waals surface area contributed by atoms with E-state index >= 15 is 0 Å². The van der Waals surface area contributed by atoms with Crippen LogP contribution in [0.4, 0.5) is 0 Å². The normalized spacial score (nSPS) is 14.1. The molecule has 4 nitrogen and oxygen atoms in total. The smallest absolute Gasteiger partial charge is 0.242 e. The van der Waals surface area contributed by atoms with Gasteiger partial charge in [-0.1, -0.05) is 48.8 Å². The maximum absolute atomic E-state index is 12.1. The molecule has 0 spiro atoms. The summed E-state index contributed by atoms with van der Waals surface area (Å²) in [6, 6.07) is 7.78. The largest absolute Gasteiger partial charge is 0.368 e. The summed E-state index contributed by atoms with van der Waals surface area (Å²) in [5, 5.41) is 3.39. The van der Waals surface area contributed by atoms with Gasteiger partial charge < -0.3 is 10.6 Å². The first kappa shape index (κ1) is 18.1. The van der Waals surface area contributed by atoms with Crippen molar-refractivity contribution in [2.45, 2.75) is 32.7 Å². The molecule has 21 heavy (non-hydrogen) atoms. The summed E-state index contributed by atoms with van der Waals surface area (Å²) >= 11 is 3.46. The molecule has 1 atom stereocenters. The monoisotopic (exact) mass is 355 g/mol. The van der Waals surface area contributed by atoms with Crippen molar-refractivity contribution in [3.8, 4) is 0 Å². The third-order valence-electron chi connectivity index (χ3n) is 4.02. The Morgan fingerprint density at radius 2 is 2.00 bits per heavy atom. The molecule has 1 rings (SSSR count). The van der Waals surface area contributed by atoms with Crippen molar-refractivity contribution < 1.29 is 4.79 Å². The molecule has 0 aliphatic heterocycles. The summed E-state index contributed by atoms with van der Waals surface area (Å²) in [4.78, 5) is 14.4. The van der Waals surface area contributed by atoms with E-state index in [1.54, 1.807) is 0 Å². The summed E-state index contributed by atoms with van der Waals surface area (Å²) in [5.41, 5.74) is 5.82. The molecule has 0 saturated carbocycles. The summed E-state index contributed by atoms with van der Waals surface area (Å²) < 4.78 is 0.949. The molecule has 0 saturated heterocycles. The highest BCUT2D eigenvalue weighted by Crippen LogP contribution is 2.27. The van der Waals surface area contributed by atoms with Crippen LogP contribution in [-0.4, -0.2) is 37.0 Å². The van der Waals surface area contributed by atoms with Crippen molar-refractivity contribution in [3.63, 3.8) is 0 Å². The van der Waals surface area contributed by atoms with E-state index < -0.39 is 5.54 Å². The van der Waals surface area contributed by atoms with Crippen LogP contribution < -0.4 is 11.1 Å². The van der Waals surface area contributed by atoms with Crippen molar-refractivity contribution in [1.82, 2.24) is 10.2 Å². The van der Waals surface area contributed by atoms with Crippen molar-refractivity contribution in [2.75, 3.05) is 26.2 Å². The lowest BCUT2D eigenvalue weighted by Crippen LogP contribution is -2.54. The average molecular weight is 356 g/mol. The lowest BCUT2D eigenvalue weighted by atomic mass is 9.86. The van der Waals surface area contributed by atoms with Crippen molar-refractivity contribution in [3.05, 3.63) is 34.3 Å².